The van der Waals surface area contributed by atoms with E-state index in [-0.39, 0.29) is 12.0 Å². The zero-order chi connectivity index (χ0) is 11.3. The van der Waals surface area contributed by atoms with Gasteiger partial charge in [-0.15, -0.1) is 0 Å². The van der Waals surface area contributed by atoms with E-state index in [1.54, 1.807) is 0 Å². The fourth-order valence-electron chi connectivity index (χ4n) is 1.80. The number of carbonyl (C=O) groups is 1. The molecule has 1 saturated heterocycles. The molecule has 4 heteroatoms. The Kier molecular flexibility index (Phi) is 4.78. The highest BCUT2D eigenvalue weighted by Crippen LogP contribution is 2.10. The lowest BCUT2D eigenvalue weighted by Gasteiger charge is -2.30. The van der Waals surface area contributed by atoms with E-state index in [1.807, 2.05) is 6.92 Å². The number of nitrogens with zero attached hydrogens (tertiary/aromatic N) is 1. The van der Waals surface area contributed by atoms with Crippen LogP contribution in [0.3, 0.4) is 0 Å². The van der Waals surface area contributed by atoms with Gasteiger partial charge >= 0.3 is 0 Å². The summed E-state index contributed by atoms with van der Waals surface area (Å²) in [5.41, 5.74) is 0.575. The SMILES string of the molecule is C=C(CN1CCCC(O)C1)C(=O)NCC. The summed E-state index contributed by atoms with van der Waals surface area (Å²) in [6.07, 6.45) is 1.61. The largest absolute Gasteiger partial charge is 0.392 e. The fourth-order valence-corrected chi connectivity index (χ4v) is 1.80. The van der Waals surface area contributed by atoms with E-state index >= 15 is 0 Å². The van der Waals surface area contributed by atoms with Gasteiger partial charge in [0.05, 0.1) is 6.10 Å². The van der Waals surface area contributed by atoms with Gasteiger partial charge in [-0.1, -0.05) is 6.58 Å². The van der Waals surface area contributed by atoms with Crippen molar-refractivity contribution in [1.82, 2.24) is 10.2 Å². The van der Waals surface area contributed by atoms with Crippen LogP contribution in [0.2, 0.25) is 0 Å². The maximum absolute atomic E-state index is 11.4. The fraction of sp³-hybridized carbons (Fsp3) is 0.727. The maximum Gasteiger partial charge on any atom is 0.247 e. The lowest BCUT2D eigenvalue weighted by atomic mass is 10.1. The second-order valence-corrected chi connectivity index (χ2v) is 3.99. The number of hydrogen-bond donors (Lipinski definition) is 2. The lowest BCUT2D eigenvalue weighted by Crippen LogP contribution is -2.41. The number of amides is 1. The first-order valence-corrected chi connectivity index (χ1v) is 5.50. The van der Waals surface area contributed by atoms with Crippen molar-refractivity contribution < 1.29 is 9.90 Å². The monoisotopic (exact) mass is 212 g/mol. The smallest absolute Gasteiger partial charge is 0.247 e. The van der Waals surface area contributed by atoms with E-state index in [0.717, 1.165) is 19.4 Å². The Hall–Kier alpha value is -0.870. The molecule has 0 aromatic carbocycles. The Bertz CT molecular complexity index is 241. The van der Waals surface area contributed by atoms with Gasteiger partial charge < -0.3 is 10.4 Å². The Morgan fingerprint density at radius 1 is 1.67 bits per heavy atom. The molecule has 1 heterocycles. The van der Waals surface area contributed by atoms with Crippen LogP contribution < -0.4 is 5.32 Å². The maximum atomic E-state index is 11.4. The van der Waals surface area contributed by atoms with Crippen LogP contribution in [0, 0.1) is 0 Å². The summed E-state index contributed by atoms with van der Waals surface area (Å²) in [7, 11) is 0. The average molecular weight is 212 g/mol. The third kappa shape index (κ3) is 4.01. The molecule has 4 nitrogen and oxygen atoms in total. The molecular formula is C11H20N2O2. The number of aliphatic hydroxyl groups excluding tert-OH is 1. The van der Waals surface area contributed by atoms with E-state index in [9.17, 15) is 9.90 Å². The van der Waals surface area contributed by atoms with Gasteiger partial charge in [-0.2, -0.15) is 0 Å². The molecule has 1 fully saturated rings. The standard InChI is InChI=1S/C11H20N2O2/c1-3-12-11(15)9(2)7-13-6-4-5-10(14)8-13/h10,14H,2-8H2,1H3,(H,12,15). The van der Waals surface area contributed by atoms with Crippen LogP contribution >= 0.6 is 0 Å². The Balaban J connectivity index is 2.33. The summed E-state index contributed by atoms with van der Waals surface area (Å²) in [6.45, 7) is 8.42. The van der Waals surface area contributed by atoms with E-state index in [0.29, 0.717) is 25.2 Å². The highest BCUT2D eigenvalue weighted by molar-refractivity contribution is 5.93. The van der Waals surface area contributed by atoms with Crippen molar-refractivity contribution in [2.75, 3.05) is 26.2 Å². The van der Waals surface area contributed by atoms with Gasteiger partial charge in [-0.05, 0) is 26.3 Å². The van der Waals surface area contributed by atoms with Crippen LogP contribution in [0.1, 0.15) is 19.8 Å². The third-order valence-electron chi connectivity index (χ3n) is 2.55. The number of hydrogen-bond acceptors (Lipinski definition) is 3. The van der Waals surface area contributed by atoms with E-state index in [1.165, 1.54) is 0 Å². The molecule has 0 saturated carbocycles. The Labute approximate surface area is 91.0 Å². The topological polar surface area (TPSA) is 52.6 Å². The summed E-state index contributed by atoms with van der Waals surface area (Å²) in [4.78, 5) is 13.5. The Morgan fingerprint density at radius 2 is 2.40 bits per heavy atom. The summed E-state index contributed by atoms with van der Waals surface area (Å²) in [5, 5.41) is 12.2. The number of likely N-dealkylation sites (tertiary alicyclic amines) is 1. The second kappa shape index (κ2) is 5.88. The van der Waals surface area contributed by atoms with Gasteiger partial charge in [0.2, 0.25) is 5.91 Å². The van der Waals surface area contributed by atoms with Gasteiger partial charge in [-0.25, -0.2) is 0 Å². The minimum Gasteiger partial charge on any atom is -0.392 e. The van der Waals surface area contributed by atoms with Crippen molar-refractivity contribution in [3.05, 3.63) is 12.2 Å². The van der Waals surface area contributed by atoms with E-state index < -0.39 is 0 Å². The average Bonchev–Trinajstić information content (AvgIpc) is 2.18. The molecule has 1 atom stereocenters. The van der Waals surface area contributed by atoms with Crippen LogP contribution in [0.5, 0.6) is 0 Å². The van der Waals surface area contributed by atoms with Crippen molar-refractivity contribution in [2.24, 2.45) is 0 Å². The first-order chi connectivity index (χ1) is 7.13. The highest BCUT2D eigenvalue weighted by atomic mass is 16.3. The number of carbonyl (C=O) groups excluding carboxylic acids is 1. The lowest BCUT2D eigenvalue weighted by molar-refractivity contribution is -0.117. The summed E-state index contributed by atoms with van der Waals surface area (Å²) < 4.78 is 0. The molecule has 1 rings (SSSR count). The number of nitrogens with one attached hydrogen (secondary N) is 1. The molecule has 0 radical (unpaired) electrons. The minimum atomic E-state index is -0.249. The molecule has 0 aromatic heterocycles. The van der Waals surface area contributed by atoms with Gasteiger partial charge in [0, 0.05) is 25.2 Å². The van der Waals surface area contributed by atoms with Gasteiger partial charge in [0.15, 0.2) is 0 Å². The van der Waals surface area contributed by atoms with Crippen LogP contribution in [0.25, 0.3) is 0 Å². The summed E-state index contributed by atoms with van der Waals surface area (Å²) >= 11 is 0. The van der Waals surface area contributed by atoms with Crippen LogP contribution in [0.15, 0.2) is 12.2 Å². The molecule has 1 aliphatic heterocycles. The molecule has 0 spiro atoms. The van der Waals surface area contributed by atoms with E-state index in [2.05, 4.69) is 16.8 Å². The number of piperidine rings is 1. The molecule has 0 aliphatic carbocycles. The molecule has 86 valence electrons. The van der Waals surface area contributed by atoms with E-state index in [4.69, 9.17) is 0 Å². The molecule has 15 heavy (non-hydrogen) atoms. The first kappa shape index (κ1) is 12.2. The molecule has 1 aliphatic rings. The zero-order valence-corrected chi connectivity index (χ0v) is 9.33. The number of β-amino-alcohol motifs (C(OH)–C–C–N with tert-alkyl or cyclic N) is 1. The Morgan fingerprint density at radius 3 is 3.00 bits per heavy atom. The van der Waals surface area contributed by atoms with Crippen molar-refractivity contribution in [2.45, 2.75) is 25.9 Å². The van der Waals surface area contributed by atoms with Crippen LogP contribution in [0.4, 0.5) is 0 Å². The first-order valence-electron chi connectivity index (χ1n) is 5.50. The molecule has 0 aromatic rings. The minimum absolute atomic E-state index is 0.0856. The van der Waals surface area contributed by atoms with Crippen molar-refractivity contribution >= 4 is 5.91 Å². The number of likely N-dealkylation sites (N-methyl/N-ethyl adjacent to an activating group) is 1. The second-order valence-electron chi connectivity index (χ2n) is 3.99. The third-order valence-corrected chi connectivity index (χ3v) is 2.55. The summed E-state index contributed by atoms with van der Waals surface area (Å²) in [6, 6.07) is 0. The van der Waals surface area contributed by atoms with Crippen molar-refractivity contribution in [3.8, 4) is 0 Å². The van der Waals surface area contributed by atoms with Crippen molar-refractivity contribution in [1.29, 1.82) is 0 Å². The number of aliphatic hydroxyl groups is 1. The highest BCUT2D eigenvalue weighted by Gasteiger charge is 2.19. The molecule has 0 bridgehead atoms. The predicted octanol–water partition coefficient (Wildman–Crippen LogP) is 0.135. The molecule has 1 unspecified atom stereocenters. The quantitative estimate of drug-likeness (QED) is 0.652. The number of rotatable bonds is 4. The van der Waals surface area contributed by atoms with Crippen LogP contribution in [-0.2, 0) is 4.79 Å². The van der Waals surface area contributed by atoms with Crippen molar-refractivity contribution in [3.63, 3.8) is 0 Å². The van der Waals surface area contributed by atoms with Crippen LogP contribution in [-0.4, -0.2) is 48.2 Å². The van der Waals surface area contributed by atoms with Gasteiger partial charge in [-0.3, -0.25) is 9.69 Å². The van der Waals surface area contributed by atoms with Gasteiger partial charge in [0.1, 0.15) is 0 Å². The molecular weight excluding hydrogens is 192 g/mol. The summed E-state index contributed by atoms with van der Waals surface area (Å²) in [5.74, 6) is -0.0856. The van der Waals surface area contributed by atoms with Gasteiger partial charge in [0.25, 0.3) is 0 Å². The zero-order valence-electron chi connectivity index (χ0n) is 9.33. The normalized spacial score (nSPS) is 22.4. The predicted molar refractivity (Wildman–Crippen MR) is 59.5 cm³/mol. The molecule has 1 amide bonds. The molecule has 2 N–H and O–H groups in total.